The molecule has 0 aromatic heterocycles. The number of sulfone groups is 1. The minimum atomic E-state index is -3.93. The average Bonchev–Trinajstić information content (AvgIpc) is 3.27. The summed E-state index contributed by atoms with van der Waals surface area (Å²) in [6, 6.07) is 38.0. The second-order valence-electron chi connectivity index (χ2n) is 10.3. The van der Waals surface area contributed by atoms with Crippen molar-refractivity contribution in [3.8, 4) is 0 Å². The number of rotatable bonds is 5. The summed E-state index contributed by atoms with van der Waals surface area (Å²) in [4.78, 5) is 5.94. The topological polar surface area (TPSA) is 41.7 Å². The molecule has 1 aliphatic heterocycles. The van der Waals surface area contributed by atoms with Gasteiger partial charge >= 0.3 is 0 Å². The Morgan fingerprint density at radius 1 is 0.825 bits per heavy atom. The molecular formula is C35H28N2O2S. The van der Waals surface area contributed by atoms with E-state index in [0.29, 0.717) is 5.56 Å². The molecule has 0 N–H and O–H groups in total. The molecule has 196 valence electrons. The van der Waals surface area contributed by atoms with Crippen molar-refractivity contribution >= 4 is 38.1 Å². The number of hydrogen-bond donors (Lipinski definition) is 0. The zero-order valence-corrected chi connectivity index (χ0v) is 23.1. The number of fused-ring (bicyclic) bond motifs is 2. The van der Waals surface area contributed by atoms with Crippen LogP contribution in [0.15, 0.2) is 125 Å². The molecule has 0 amide bonds. The summed E-state index contributed by atoms with van der Waals surface area (Å²) in [6.45, 7) is 11.8. The number of hydrogen-bond acceptors (Lipinski definition) is 3. The Labute approximate surface area is 235 Å². The smallest absolute Gasteiger partial charge is 0.283 e. The average molecular weight is 541 g/mol. The van der Waals surface area contributed by atoms with Crippen molar-refractivity contribution in [2.75, 3.05) is 4.90 Å². The highest BCUT2D eigenvalue weighted by atomic mass is 32.2. The van der Waals surface area contributed by atoms with Gasteiger partial charge in [0.05, 0.1) is 11.5 Å². The summed E-state index contributed by atoms with van der Waals surface area (Å²) in [5.41, 5.74) is 6.14. The Hall–Kier alpha value is -4.66. The molecule has 0 fully saturated rings. The van der Waals surface area contributed by atoms with Gasteiger partial charge in [0, 0.05) is 23.3 Å². The van der Waals surface area contributed by atoms with E-state index < -0.39 is 9.84 Å². The first kappa shape index (κ1) is 25.6. The van der Waals surface area contributed by atoms with Gasteiger partial charge in [-0.25, -0.2) is 13.3 Å². The fraction of sp³-hybridized carbons (Fsp3) is 0.114. The number of aryl methyl sites for hydroxylation is 1. The van der Waals surface area contributed by atoms with Crippen molar-refractivity contribution in [1.29, 1.82) is 0 Å². The summed E-state index contributed by atoms with van der Waals surface area (Å²) in [6.07, 6.45) is 1.49. The molecule has 0 radical (unpaired) electrons. The summed E-state index contributed by atoms with van der Waals surface area (Å²) in [5.74, 6) is 0.0705. The minimum absolute atomic E-state index is 0.0705. The first-order valence-corrected chi connectivity index (χ1v) is 14.7. The Morgan fingerprint density at radius 2 is 1.52 bits per heavy atom. The van der Waals surface area contributed by atoms with Crippen LogP contribution in [-0.2, 0) is 9.84 Å². The molecule has 5 heteroatoms. The molecule has 0 saturated heterocycles. The molecule has 1 aliphatic rings. The van der Waals surface area contributed by atoms with Crippen LogP contribution >= 0.6 is 0 Å². The zero-order chi connectivity index (χ0) is 27.9. The van der Waals surface area contributed by atoms with Crippen LogP contribution in [0.2, 0.25) is 0 Å². The van der Waals surface area contributed by atoms with E-state index in [4.69, 9.17) is 6.57 Å². The van der Waals surface area contributed by atoms with Crippen LogP contribution in [0.3, 0.4) is 0 Å². The highest BCUT2D eigenvalue weighted by Gasteiger charge is 2.37. The Morgan fingerprint density at radius 3 is 2.25 bits per heavy atom. The molecule has 0 bridgehead atoms. The van der Waals surface area contributed by atoms with E-state index in [1.807, 2.05) is 31.2 Å². The number of anilines is 2. The van der Waals surface area contributed by atoms with Crippen LogP contribution in [0.4, 0.5) is 11.4 Å². The summed E-state index contributed by atoms with van der Waals surface area (Å²) in [5, 5.41) is 2.09. The quantitative estimate of drug-likeness (QED) is 0.210. The zero-order valence-electron chi connectivity index (χ0n) is 22.3. The molecule has 2 unspecified atom stereocenters. The van der Waals surface area contributed by atoms with Gasteiger partial charge in [0.15, 0.2) is 0 Å². The van der Waals surface area contributed by atoms with Gasteiger partial charge in [-0.05, 0) is 77.7 Å². The molecular weight excluding hydrogens is 512 g/mol. The van der Waals surface area contributed by atoms with Crippen molar-refractivity contribution in [3.63, 3.8) is 0 Å². The van der Waals surface area contributed by atoms with Gasteiger partial charge in [-0.3, -0.25) is 0 Å². The molecule has 0 aliphatic carbocycles. The van der Waals surface area contributed by atoms with Gasteiger partial charge in [-0.15, -0.1) is 0 Å². The van der Waals surface area contributed by atoms with Crippen LogP contribution in [0.5, 0.6) is 0 Å². The van der Waals surface area contributed by atoms with Crippen LogP contribution in [0.1, 0.15) is 35.1 Å². The van der Waals surface area contributed by atoms with Crippen molar-refractivity contribution in [3.05, 3.63) is 154 Å². The van der Waals surface area contributed by atoms with E-state index in [1.54, 1.807) is 24.3 Å². The highest BCUT2D eigenvalue weighted by molar-refractivity contribution is 7.95. The van der Waals surface area contributed by atoms with Crippen LogP contribution < -0.4 is 4.90 Å². The lowest BCUT2D eigenvalue weighted by Crippen LogP contribution is -2.27. The number of nitrogens with zero attached hydrogens (tertiary/aromatic N) is 2. The maximum Gasteiger partial charge on any atom is 0.283 e. The molecule has 2 atom stereocenters. The second-order valence-corrected chi connectivity index (χ2v) is 12.2. The first-order chi connectivity index (χ1) is 19.4. The van der Waals surface area contributed by atoms with E-state index in [9.17, 15) is 8.42 Å². The van der Waals surface area contributed by atoms with Gasteiger partial charge in [0.2, 0.25) is 9.84 Å². The third-order valence-corrected chi connectivity index (χ3v) is 9.37. The van der Waals surface area contributed by atoms with Gasteiger partial charge in [-0.1, -0.05) is 90.5 Å². The Bertz CT molecular complexity index is 1900. The summed E-state index contributed by atoms with van der Waals surface area (Å²) in [7, 11) is -3.93. The number of benzene rings is 5. The predicted molar refractivity (Wildman–Crippen MR) is 163 cm³/mol. The first-order valence-electron chi connectivity index (χ1n) is 13.2. The Kier molecular flexibility index (Phi) is 6.50. The highest BCUT2D eigenvalue weighted by Crippen LogP contribution is 2.49. The largest absolute Gasteiger partial charge is 0.337 e. The van der Waals surface area contributed by atoms with Crippen LogP contribution in [0.25, 0.3) is 21.7 Å². The van der Waals surface area contributed by atoms with Crippen molar-refractivity contribution in [2.45, 2.75) is 30.7 Å². The summed E-state index contributed by atoms with van der Waals surface area (Å²) >= 11 is 0. The van der Waals surface area contributed by atoms with E-state index in [0.717, 1.165) is 22.5 Å². The van der Waals surface area contributed by atoms with Gasteiger partial charge in [-0.2, -0.15) is 0 Å². The molecule has 0 saturated carbocycles. The predicted octanol–water partition coefficient (Wildman–Crippen LogP) is 8.51. The van der Waals surface area contributed by atoms with Crippen LogP contribution in [-0.4, -0.2) is 14.5 Å². The Balaban J connectivity index is 1.47. The maximum atomic E-state index is 13.3. The molecule has 1 heterocycles. The molecule has 5 aromatic rings. The lowest BCUT2D eigenvalue weighted by atomic mass is 9.88. The van der Waals surface area contributed by atoms with Gasteiger partial charge in [0.1, 0.15) is 0 Å². The molecule has 5 aromatic carbocycles. The lowest BCUT2D eigenvalue weighted by Gasteiger charge is -2.28. The molecule has 4 nitrogen and oxygen atoms in total. The van der Waals surface area contributed by atoms with Crippen molar-refractivity contribution < 1.29 is 8.42 Å². The van der Waals surface area contributed by atoms with Crippen molar-refractivity contribution in [1.82, 2.24) is 0 Å². The third-order valence-electron chi connectivity index (χ3n) is 7.71. The van der Waals surface area contributed by atoms with Crippen LogP contribution in [0, 0.1) is 13.5 Å². The van der Waals surface area contributed by atoms with E-state index >= 15 is 0 Å². The lowest BCUT2D eigenvalue weighted by molar-refractivity contribution is 0.603. The standard InChI is InChI=1S/C35H28N2O2S/c1-24-13-18-31(19-14-24)40(38,39)34(36-3)22-26-15-20-33-32(21-26)35(28-10-5-4-6-11-28)25(2)37(33)30-17-16-27-9-7-8-12-29(27)23-30/h4-23,25,35H,1-2H3. The van der Waals surface area contributed by atoms with Gasteiger partial charge in [0.25, 0.3) is 5.03 Å². The summed E-state index contributed by atoms with van der Waals surface area (Å²) < 4.78 is 26.6. The fourth-order valence-electron chi connectivity index (χ4n) is 5.73. The van der Waals surface area contributed by atoms with E-state index in [-0.39, 0.29) is 21.9 Å². The van der Waals surface area contributed by atoms with Gasteiger partial charge < -0.3 is 4.90 Å². The maximum absolute atomic E-state index is 13.3. The molecule has 40 heavy (non-hydrogen) atoms. The van der Waals surface area contributed by atoms with Crippen molar-refractivity contribution in [2.24, 2.45) is 0 Å². The normalized spacial score (nSPS) is 17.0. The molecule has 0 spiro atoms. The molecule has 6 rings (SSSR count). The SMILES string of the molecule is [C-]#[N+]C(=Cc1ccc2c(c1)C(c1ccccc1)C(C)N2c1ccc2ccccc2c1)S(=O)(=O)c1ccc(C)cc1. The third kappa shape index (κ3) is 4.47. The fourth-order valence-corrected chi connectivity index (χ4v) is 6.88. The van der Waals surface area contributed by atoms with E-state index in [2.05, 4.69) is 83.4 Å². The monoisotopic (exact) mass is 540 g/mol. The van der Waals surface area contributed by atoms with E-state index in [1.165, 1.54) is 22.4 Å². The minimum Gasteiger partial charge on any atom is -0.337 e. The second kappa shape index (κ2) is 10.1.